The molecule has 1 aliphatic carbocycles. The zero-order chi connectivity index (χ0) is 36.8. The van der Waals surface area contributed by atoms with Crippen molar-refractivity contribution >= 4 is 28.0 Å². The van der Waals surface area contributed by atoms with E-state index in [9.17, 15) is 0 Å². The molecule has 0 bridgehead atoms. The molecule has 0 aromatic heterocycles. The average molecular weight is 856 g/mol. The summed E-state index contributed by atoms with van der Waals surface area (Å²) in [6.45, 7) is 8.00. The Kier molecular flexibility index (Phi) is 25.5. The van der Waals surface area contributed by atoms with Gasteiger partial charge in [0.1, 0.15) is 6.15 Å². The number of benzene rings is 4. The molecule has 0 saturated carbocycles. The quantitative estimate of drug-likeness (QED) is 0.193. The number of rotatable bonds is 4. The Balaban J connectivity index is 0.000000217. The maximum absolute atomic E-state index is 4.94. The van der Waals surface area contributed by atoms with Gasteiger partial charge in [-0.1, -0.05) is 170 Å². The number of ether oxygens (including phenoxy) is 4. The van der Waals surface area contributed by atoms with E-state index in [2.05, 4.69) is 121 Å². The summed E-state index contributed by atoms with van der Waals surface area (Å²) in [5.74, 6) is 0. The molecule has 5 aliphatic rings. The molecule has 4 aromatic rings. The van der Waals surface area contributed by atoms with Crippen LogP contribution in [-0.2, 0) is 18.9 Å². The van der Waals surface area contributed by atoms with E-state index in [1.165, 1.54) is 73.2 Å². The Morgan fingerprint density at radius 1 is 0.259 bits per heavy atom. The fraction of sp³-hybridized carbons (Fsp3) is 0.333. The van der Waals surface area contributed by atoms with Crippen molar-refractivity contribution in [1.29, 1.82) is 0 Å². The maximum Gasteiger partial charge on any atom is 0.108 e. The van der Waals surface area contributed by atoms with Crippen LogP contribution in [0.1, 0.15) is 51.4 Å². The Morgan fingerprint density at radius 2 is 0.426 bits per heavy atom. The maximum atomic E-state index is 4.94. The fourth-order valence-corrected chi connectivity index (χ4v) is 6.68. The van der Waals surface area contributed by atoms with E-state index in [-0.39, 0.29) is 40.8 Å². The Morgan fingerprint density at radius 3 is 0.556 bits per heavy atom. The van der Waals surface area contributed by atoms with E-state index < -0.39 is 6.15 Å². The monoisotopic (exact) mass is 853 g/mol. The zero-order valence-electron chi connectivity index (χ0n) is 32.2. The molecule has 4 heterocycles. The SMILES string of the molecule is C1=C\C=C/C=C\C=C/1.C1CCOC1.C1CCOC1.C1CCOC1.C1CCOC1.[Nd].c1ccc([B-](c2ccccc2)(c2ccccc2)c2ccccc2)cc1. The van der Waals surface area contributed by atoms with Crippen LogP contribution in [0.5, 0.6) is 0 Å². The smallest absolute Gasteiger partial charge is 0.108 e. The van der Waals surface area contributed by atoms with Crippen molar-refractivity contribution in [2.75, 3.05) is 52.9 Å². The second-order valence-corrected chi connectivity index (χ2v) is 13.3. The summed E-state index contributed by atoms with van der Waals surface area (Å²) in [5.41, 5.74) is 5.36. The standard InChI is InChI=1S/C24H20B.C8H8.4C4H8O.Nd/c1-5-13-21(14-6-1)25(22-15-7-2-8-16-22,23-17-9-3-10-18-23)24-19-11-4-12-20-24;1-2-4-6-8-7-5-3-1;4*1-2-4-5-3-1;/h1-20H;1-8H;4*1-4H2;/q-1;;;;;;/b;2-1-,3-1?,4-2?,5-3-,6-4-,7-5?,8-6?,8-7-;;;;;. The van der Waals surface area contributed by atoms with Gasteiger partial charge >= 0.3 is 0 Å². The normalized spacial score (nSPS) is 18.8. The minimum Gasteiger partial charge on any atom is -0.381 e. The molecule has 4 fully saturated rings. The van der Waals surface area contributed by atoms with Crippen LogP contribution in [0.2, 0.25) is 0 Å². The Hall–Kier alpha value is -2.90. The summed E-state index contributed by atoms with van der Waals surface area (Å²) in [6, 6.07) is 43.5. The molecule has 0 radical (unpaired) electrons. The van der Waals surface area contributed by atoms with Crippen molar-refractivity contribution in [3.05, 3.63) is 170 Å². The molecule has 0 amide bonds. The van der Waals surface area contributed by atoms with Gasteiger partial charge in [-0.3, -0.25) is 0 Å². The zero-order valence-corrected chi connectivity index (χ0v) is 35.4. The predicted molar refractivity (Wildman–Crippen MR) is 227 cm³/mol. The summed E-state index contributed by atoms with van der Waals surface area (Å²) in [7, 11) is 0. The molecule has 4 nitrogen and oxygen atoms in total. The molecular formula is C48H60BNdO4-. The van der Waals surface area contributed by atoms with Gasteiger partial charge in [-0.25, -0.2) is 0 Å². The van der Waals surface area contributed by atoms with Gasteiger partial charge in [-0.2, -0.15) is 21.9 Å². The molecule has 0 spiro atoms. The second kappa shape index (κ2) is 30.3. The van der Waals surface area contributed by atoms with Crippen LogP contribution in [0.3, 0.4) is 0 Å². The second-order valence-electron chi connectivity index (χ2n) is 13.3. The number of allylic oxidation sites excluding steroid dienone is 8. The van der Waals surface area contributed by atoms with E-state index in [4.69, 9.17) is 18.9 Å². The fourth-order valence-electron chi connectivity index (χ4n) is 6.68. The van der Waals surface area contributed by atoms with E-state index in [0.717, 1.165) is 52.9 Å². The van der Waals surface area contributed by atoms with Gasteiger partial charge in [0.2, 0.25) is 0 Å². The van der Waals surface area contributed by atoms with Gasteiger partial charge in [0.05, 0.1) is 0 Å². The van der Waals surface area contributed by atoms with Crippen LogP contribution >= 0.6 is 0 Å². The first kappa shape index (κ1) is 45.5. The predicted octanol–water partition coefficient (Wildman–Crippen LogP) is 8.48. The molecule has 0 N–H and O–H groups in total. The summed E-state index contributed by atoms with van der Waals surface area (Å²) >= 11 is 0. The van der Waals surface area contributed by atoms with Gasteiger partial charge in [-0.05, 0) is 51.4 Å². The third-order valence-electron chi connectivity index (χ3n) is 9.40. The van der Waals surface area contributed by atoms with Crippen molar-refractivity contribution in [2.24, 2.45) is 0 Å². The number of hydrogen-bond donors (Lipinski definition) is 0. The van der Waals surface area contributed by atoms with Crippen LogP contribution in [0.25, 0.3) is 0 Å². The van der Waals surface area contributed by atoms with Gasteiger partial charge < -0.3 is 18.9 Å². The molecular weight excluding hydrogens is 796 g/mol. The molecule has 54 heavy (non-hydrogen) atoms. The Labute approximate surface area is 359 Å². The van der Waals surface area contributed by atoms with E-state index >= 15 is 0 Å². The molecule has 9 rings (SSSR count). The van der Waals surface area contributed by atoms with Gasteiger partial charge in [-0.15, -0.1) is 0 Å². The minimum absolute atomic E-state index is 0. The van der Waals surface area contributed by atoms with Crippen LogP contribution in [-0.4, -0.2) is 59.0 Å². The molecule has 0 atom stereocenters. The van der Waals surface area contributed by atoms with Gasteiger partial charge in [0, 0.05) is 93.7 Å². The van der Waals surface area contributed by atoms with Crippen molar-refractivity contribution in [2.45, 2.75) is 51.4 Å². The molecule has 4 aliphatic heterocycles. The van der Waals surface area contributed by atoms with Crippen LogP contribution in [0.4, 0.5) is 0 Å². The summed E-state index contributed by atoms with van der Waals surface area (Å²) in [4.78, 5) is 0. The summed E-state index contributed by atoms with van der Waals surface area (Å²) in [5, 5.41) is 0. The molecule has 4 saturated heterocycles. The van der Waals surface area contributed by atoms with Crippen molar-refractivity contribution in [3.8, 4) is 0 Å². The van der Waals surface area contributed by atoms with Gasteiger partial charge in [0.15, 0.2) is 0 Å². The Bertz CT molecular complexity index is 1270. The van der Waals surface area contributed by atoms with Gasteiger partial charge in [0.25, 0.3) is 0 Å². The summed E-state index contributed by atoms with van der Waals surface area (Å²) in [6.07, 6.45) is 25.0. The first-order valence-corrected chi connectivity index (χ1v) is 19.8. The van der Waals surface area contributed by atoms with Crippen LogP contribution < -0.4 is 21.9 Å². The minimum atomic E-state index is -1.22. The first-order chi connectivity index (χ1) is 26.4. The van der Waals surface area contributed by atoms with Crippen molar-refractivity contribution in [3.63, 3.8) is 0 Å². The van der Waals surface area contributed by atoms with Crippen molar-refractivity contribution < 1.29 is 59.8 Å². The van der Waals surface area contributed by atoms with E-state index in [1.807, 2.05) is 48.6 Å². The average Bonchev–Trinajstić information content (AvgIpc) is 4.08. The third kappa shape index (κ3) is 17.3. The largest absolute Gasteiger partial charge is 0.381 e. The van der Waals surface area contributed by atoms with E-state index in [1.54, 1.807) is 0 Å². The van der Waals surface area contributed by atoms with Crippen LogP contribution in [0.15, 0.2) is 170 Å². The van der Waals surface area contributed by atoms with E-state index in [0.29, 0.717) is 0 Å². The molecule has 6 heteroatoms. The molecule has 284 valence electrons. The third-order valence-corrected chi connectivity index (χ3v) is 9.40. The molecule has 0 unspecified atom stereocenters. The first-order valence-electron chi connectivity index (χ1n) is 19.8. The number of hydrogen-bond acceptors (Lipinski definition) is 4. The molecule has 4 aromatic carbocycles. The summed E-state index contributed by atoms with van der Waals surface area (Å²) < 4.78 is 19.8. The topological polar surface area (TPSA) is 36.9 Å². The van der Waals surface area contributed by atoms with Crippen LogP contribution in [0, 0.1) is 40.8 Å². The van der Waals surface area contributed by atoms with Crippen molar-refractivity contribution in [1.82, 2.24) is 0 Å².